The van der Waals surface area contributed by atoms with E-state index in [0.717, 1.165) is 27.6 Å². The molecule has 5 heteroatoms. The van der Waals surface area contributed by atoms with Crippen molar-refractivity contribution in [2.45, 2.75) is 6.92 Å². The summed E-state index contributed by atoms with van der Waals surface area (Å²) in [5.74, 6) is 0.834. The van der Waals surface area contributed by atoms with E-state index in [1.54, 1.807) is 17.5 Å². The van der Waals surface area contributed by atoms with Gasteiger partial charge < -0.3 is 0 Å². The van der Waals surface area contributed by atoms with Crippen LogP contribution in [0, 0.1) is 6.92 Å². The second-order valence-corrected chi connectivity index (χ2v) is 5.85. The summed E-state index contributed by atoms with van der Waals surface area (Å²) in [4.78, 5) is 10.1. The fourth-order valence-electron chi connectivity index (χ4n) is 2.31. The molecule has 0 radical (unpaired) electrons. The Morgan fingerprint density at radius 1 is 1.05 bits per heavy atom. The van der Waals surface area contributed by atoms with Crippen LogP contribution in [0.4, 0.5) is 0 Å². The molecule has 0 aliphatic carbocycles. The first kappa shape index (κ1) is 12.2. The molecule has 0 bridgehead atoms. The van der Waals surface area contributed by atoms with Gasteiger partial charge in [-0.3, -0.25) is 4.98 Å². The Balaban J connectivity index is 1.88. The van der Waals surface area contributed by atoms with Crippen molar-refractivity contribution < 1.29 is 0 Å². The lowest BCUT2D eigenvalue weighted by molar-refractivity contribution is 0.849. The topological polar surface area (TPSA) is 43.6 Å². The molecule has 0 aliphatic heterocycles. The monoisotopic (exact) mass is 292 g/mol. The molecule has 4 heterocycles. The molecule has 102 valence electrons. The fourth-order valence-corrected chi connectivity index (χ4v) is 3.34. The molecular formula is C16H12N4S. The molecule has 4 aromatic heterocycles. The van der Waals surface area contributed by atoms with E-state index >= 15 is 0 Å². The van der Waals surface area contributed by atoms with Crippen LogP contribution in [-0.2, 0) is 0 Å². The molecule has 0 fully saturated rings. The van der Waals surface area contributed by atoms with Gasteiger partial charge in [0.15, 0.2) is 5.82 Å². The van der Waals surface area contributed by atoms with Gasteiger partial charge in [-0.25, -0.2) is 9.67 Å². The minimum Gasteiger partial charge on any atom is -0.255 e. The average Bonchev–Trinajstić information content (AvgIpc) is 3.13. The SMILES string of the molecule is Cc1cccc(-n2nccc2-c2cc3ncccc3s2)n1. The summed E-state index contributed by atoms with van der Waals surface area (Å²) in [6.07, 6.45) is 3.62. The summed E-state index contributed by atoms with van der Waals surface area (Å²) in [5, 5.41) is 4.41. The maximum Gasteiger partial charge on any atom is 0.154 e. The molecule has 0 atom stereocenters. The van der Waals surface area contributed by atoms with E-state index in [-0.39, 0.29) is 0 Å². The van der Waals surface area contributed by atoms with Crippen molar-refractivity contribution >= 4 is 21.6 Å². The second kappa shape index (κ2) is 4.79. The van der Waals surface area contributed by atoms with E-state index in [9.17, 15) is 0 Å². The van der Waals surface area contributed by atoms with Gasteiger partial charge in [-0.15, -0.1) is 11.3 Å². The van der Waals surface area contributed by atoms with Crippen molar-refractivity contribution in [3.8, 4) is 16.4 Å². The smallest absolute Gasteiger partial charge is 0.154 e. The normalized spacial score (nSPS) is 11.1. The Hall–Kier alpha value is -2.53. The predicted octanol–water partition coefficient (Wildman–Crippen LogP) is 3.85. The second-order valence-electron chi connectivity index (χ2n) is 4.76. The van der Waals surface area contributed by atoms with Crippen LogP contribution in [0.15, 0.2) is 54.9 Å². The Kier molecular flexibility index (Phi) is 2.79. The lowest BCUT2D eigenvalue weighted by atomic mass is 10.3. The quantitative estimate of drug-likeness (QED) is 0.563. The molecule has 21 heavy (non-hydrogen) atoms. The molecule has 0 amide bonds. The first-order valence-electron chi connectivity index (χ1n) is 6.64. The first-order chi connectivity index (χ1) is 10.3. The van der Waals surface area contributed by atoms with Crippen molar-refractivity contribution in [2.75, 3.05) is 0 Å². The van der Waals surface area contributed by atoms with Gasteiger partial charge in [0.2, 0.25) is 0 Å². The summed E-state index contributed by atoms with van der Waals surface area (Å²) in [7, 11) is 0. The van der Waals surface area contributed by atoms with Crippen LogP contribution in [0.5, 0.6) is 0 Å². The number of fused-ring (bicyclic) bond motifs is 1. The molecule has 0 spiro atoms. The Morgan fingerprint density at radius 3 is 2.86 bits per heavy atom. The van der Waals surface area contributed by atoms with Crippen molar-refractivity contribution in [2.24, 2.45) is 0 Å². The van der Waals surface area contributed by atoms with Crippen LogP contribution < -0.4 is 0 Å². The van der Waals surface area contributed by atoms with Gasteiger partial charge in [0.05, 0.1) is 27.0 Å². The molecule has 0 N–H and O–H groups in total. The van der Waals surface area contributed by atoms with Crippen LogP contribution in [0.2, 0.25) is 0 Å². The number of hydrogen-bond donors (Lipinski definition) is 0. The van der Waals surface area contributed by atoms with Gasteiger partial charge in [0, 0.05) is 11.9 Å². The summed E-state index contributed by atoms with van der Waals surface area (Å²) >= 11 is 1.72. The van der Waals surface area contributed by atoms with Crippen LogP contribution in [-0.4, -0.2) is 19.7 Å². The van der Waals surface area contributed by atoms with Crippen molar-refractivity contribution in [1.82, 2.24) is 19.7 Å². The van der Waals surface area contributed by atoms with Crippen LogP contribution in [0.3, 0.4) is 0 Å². The zero-order chi connectivity index (χ0) is 14.2. The summed E-state index contributed by atoms with van der Waals surface area (Å²) in [6, 6.07) is 14.1. The summed E-state index contributed by atoms with van der Waals surface area (Å²) in [5.41, 5.74) is 3.03. The van der Waals surface area contributed by atoms with E-state index in [2.05, 4.69) is 27.2 Å². The number of rotatable bonds is 2. The third kappa shape index (κ3) is 2.11. The minimum atomic E-state index is 0.834. The number of aromatic nitrogens is 4. The highest BCUT2D eigenvalue weighted by atomic mass is 32.1. The average molecular weight is 292 g/mol. The van der Waals surface area contributed by atoms with Crippen molar-refractivity contribution in [1.29, 1.82) is 0 Å². The number of pyridine rings is 2. The summed E-state index contributed by atoms with van der Waals surface area (Å²) in [6.45, 7) is 1.98. The minimum absolute atomic E-state index is 0.834. The van der Waals surface area contributed by atoms with Gasteiger partial charge in [-0.2, -0.15) is 5.10 Å². The lowest BCUT2D eigenvalue weighted by Crippen LogP contribution is -2.01. The number of aryl methyl sites for hydroxylation is 1. The van der Waals surface area contributed by atoms with E-state index in [1.807, 2.05) is 48.1 Å². The lowest BCUT2D eigenvalue weighted by Gasteiger charge is -2.05. The summed E-state index contributed by atoms with van der Waals surface area (Å²) < 4.78 is 3.05. The van der Waals surface area contributed by atoms with Crippen LogP contribution >= 0.6 is 11.3 Å². The largest absolute Gasteiger partial charge is 0.255 e. The molecule has 4 nitrogen and oxygen atoms in total. The van der Waals surface area contributed by atoms with E-state index in [4.69, 9.17) is 0 Å². The van der Waals surface area contributed by atoms with Gasteiger partial charge >= 0.3 is 0 Å². The van der Waals surface area contributed by atoms with Crippen molar-refractivity contribution in [3.05, 3.63) is 60.6 Å². The third-order valence-electron chi connectivity index (χ3n) is 3.27. The fraction of sp³-hybridized carbons (Fsp3) is 0.0625. The highest BCUT2D eigenvalue weighted by molar-refractivity contribution is 7.22. The van der Waals surface area contributed by atoms with Crippen LogP contribution in [0.1, 0.15) is 5.69 Å². The molecule has 4 rings (SSSR count). The molecule has 0 saturated heterocycles. The highest BCUT2D eigenvalue weighted by Crippen LogP contribution is 2.32. The van der Waals surface area contributed by atoms with Gasteiger partial charge in [0.25, 0.3) is 0 Å². The van der Waals surface area contributed by atoms with E-state index < -0.39 is 0 Å². The number of thiophene rings is 1. The van der Waals surface area contributed by atoms with Gasteiger partial charge in [0.1, 0.15) is 0 Å². The zero-order valence-electron chi connectivity index (χ0n) is 11.4. The Morgan fingerprint density at radius 2 is 2.00 bits per heavy atom. The van der Waals surface area contributed by atoms with Crippen molar-refractivity contribution in [3.63, 3.8) is 0 Å². The van der Waals surface area contributed by atoms with Gasteiger partial charge in [-0.05, 0) is 43.3 Å². The van der Waals surface area contributed by atoms with Gasteiger partial charge in [-0.1, -0.05) is 6.07 Å². The molecule has 0 saturated carbocycles. The maximum atomic E-state index is 4.55. The Bertz CT molecular complexity index is 890. The van der Waals surface area contributed by atoms with Crippen LogP contribution in [0.25, 0.3) is 26.6 Å². The third-order valence-corrected chi connectivity index (χ3v) is 4.39. The molecule has 4 aromatic rings. The first-order valence-corrected chi connectivity index (χ1v) is 7.46. The number of hydrogen-bond acceptors (Lipinski definition) is 4. The molecule has 0 aliphatic rings. The van der Waals surface area contributed by atoms with E-state index in [1.165, 1.54) is 4.70 Å². The predicted molar refractivity (Wildman–Crippen MR) is 84.7 cm³/mol. The molecular weight excluding hydrogens is 280 g/mol. The molecule has 0 aromatic carbocycles. The maximum absolute atomic E-state index is 4.55. The zero-order valence-corrected chi connectivity index (χ0v) is 12.2. The van der Waals surface area contributed by atoms with E-state index in [0.29, 0.717) is 0 Å². The molecule has 0 unspecified atom stereocenters. The Labute approximate surface area is 125 Å². The number of nitrogens with zero attached hydrogens (tertiary/aromatic N) is 4. The standard InChI is InChI=1S/C16H12N4S/c1-11-4-2-6-16(19-11)20-13(7-9-18-20)15-10-12-14(21-15)5-3-8-17-12/h2-10H,1H3. The highest BCUT2D eigenvalue weighted by Gasteiger charge is 2.12.